The smallest absolute Gasteiger partial charge is 0.229 e. The summed E-state index contributed by atoms with van der Waals surface area (Å²) in [6.45, 7) is 5.02. The average Bonchev–Trinajstić information content (AvgIpc) is 2.54. The van der Waals surface area contributed by atoms with E-state index in [1.54, 1.807) is 14.2 Å². The van der Waals surface area contributed by atoms with Crippen LogP contribution in [0.1, 0.15) is 25.5 Å². The molecule has 2 N–H and O–H groups in total. The van der Waals surface area contributed by atoms with Gasteiger partial charge in [0, 0.05) is 30.1 Å². The lowest BCUT2D eigenvalue weighted by atomic mass is 10.2. The summed E-state index contributed by atoms with van der Waals surface area (Å²) in [6, 6.07) is 7.54. The van der Waals surface area contributed by atoms with Crippen molar-refractivity contribution >= 4 is 17.5 Å². The van der Waals surface area contributed by atoms with Crippen LogP contribution in [0.2, 0.25) is 0 Å². The molecule has 1 aromatic heterocycles. The van der Waals surface area contributed by atoms with Crippen LogP contribution in [0, 0.1) is 6.92 Å². The molecule has 0 fully saturated rings. The first kappa shape index (κ1) is 16.9. The predicted molar refractivity (Wildman–Crippen MR) is 93.0 cm³/mol. The second-order valence-electron chi connectivity index (χ2n) is 5.19. The van der Waals surface area contributed by atoms with Crippen LogP contribution in [0.5, 0.6) is 11.5 Å². The van der Waals surface area contributed by atoms with E-state index >= 15 is 0 Å². The molecule has 0 saturated heterocycles. The van der Waals surface area contributed by atoms with Gasteiger partial charge in [-0.2, -0.15) is 4.98 Å². The topological polar surface area (TPSA) is 68.3 Å². The molecule has 6 heteroatoms. The normalized spacial score (nSPS) is 10.3. The number of nitrogens with zero attached hydrogens (tertiary/aromatic N) is 2. The first-order valence-corrected chi connectivity index (χ1v) is 7.75. The SMILES string of the molecule is CCCCNc1cc(C)nc(Nc2ccc(OC)c(OC)c2)n1. The number of hydrogen-bond donors (Lipinski definition) is 2. The summed E-state index contributed by atoms with van der Waals surface area (Å²) in [5.74, 6) is 2.72. The Morgan fingerprint density at radius 1 is 1.04 bits per heavy atom. The minimum atomic E-state index is 0.552. The third kappa shape index (κ3) is 4.74. The van der Waals surface area contributed by atoms with Crippen LogP contribution in [0.25, 0.3) is 0 Å². The molecule has 0 atom stereocenters. The van der Waals surface area contributed by atoms with Crippen molar-refractivity contribution in [2.75, 3.05) is 31.4 Å². The number of aryl methyl sites for hydroxylation is 1. The number of aromatic nitrogens is 2. The Bertz CT molecular complexity index is 646. The van der Waals surface area contributed by atoms with E-state index in [2.05, 4.69) is 27.5 Å². The molecule has 0 amide bonds. The van der Waals surface area contributed by atoms with Gasteiger partial charge < -0.3 is 20.1 Å². The molecule has 0 spiro atoms. The number of unbranched alkanes of at least 4 members (excludes halogenated alkanes) is 1. The van der Waals surface area contributed by atoms with Crippen molar-refractivity contribution in [3.05, 3.63) is 30.0 Å². The fraction of sp³-hybridized carbons (Fsp3) is 0.412. The Kier molecular flexibility index (Phi) is 6.02. The molecule has 0 aliphatic carbocycles. The Morgan fingerprint density at radius 3 is 2.52 bits per heavy atom. The van der Waals surface area contributed by atoms with Gasteiger partial charge in [-0.25, -0.2) is 4.98 Å². The molecule has 2 aromatic rings. The lowest BCUT2D eigenvalue weighted by molar-refractivity contribution is 0.355. The lowest BCUT2D eigenvalue weighted by Gasteiger charge is -2.12. The van der Waals surface area contributed by atoms with Crippen LogP contribution in [0.4, 0.5) is 17.5 Å². The Morgan fingerprint density at radius 2 is 1.83 bits per heavy atom. The summed E-state index contributed by atoms with van der Waals surface area (Å²) >= 11 is 0. The average molecular weight is 316 g/mol. The second-order valence-corrected chi connectivity index (χ2v) is 5.19. The van der Waals surface area contributed by atoms with Crippen molar-refractivity contribution in [2.45, 2.75) is 26.7 Å². The first-order valence-electron chi connectivity index (χ1n) is 7.75. The van der Waals surface area contributed by atoms with Crippen LogP contribution < -0.4 is 20.1 Å². The van der Waals surface area contributed by atoms with Crippen molar-refractivity contribution < 1.29 is 9.47 Å². The van der Waals surface area contributed by atoms with E-state index in [-0.39, 0.29) is 0 Å². The highest BCUT2D eigenvalue weighted by Gasteiger charge is 2.07. The number of benzene rings is 1. The number of nitrogens with one attached hydrogen (secondary N) is 2. The Hall–Kier alpha value is -2.50. The summed E-state index contributed by atoms with van der Waals surface area (Å²) < 4.78 is 10.5. The molecule has 1 aromatic carbocycles. The van der Waals surface area contributed by atoms with Crippen molar-refractivity contribution in [3.63, 3.8) is 0 Å². The zero-order valence-electron chi connectivity index (χ0n) is 14.1. The fourth-order valence-electron chi connectivity index (χ4n) is 2.15. The quantitative estimate of drug-likeness (QED) is 0.723. The number of hydrogen-bond acceptors (Lipinski definition) is 6. The van der Waals surface area contributed by atoms with Gasteiger partial charge in [0.2, 0.25) is 5.95 Å². The zero-order valence-corrected chi connectivity index (χ0v) is 14.1. The molecule has 0 unspecified atom stereocenters. The van der Waals surface area contributed by atoms with E-state index in [0.717, 1.165) is 36.6 Å². The van der Waals surface area contributed by atoms with Crippen LogP contribution >= 0.6 is 0 Å². The highest BCUT2D eigenvalue weighted by atomic mass is 16.5. The van der Waals surface area contributed by atoms with E-state index in [4.69, 9.17) is 9.47 Å². The molecule has 2 rings (SSSR count). The predicted octanol–water partition coefficient (Wildman–Crippen LogP) is 3.76. The minimum Gasteiger partial charge on any atom is -0.493 e. The third-order valence-electron chi connectivity index (χ3n) is 3.33. The highest BCUT2D eigenvalue weighted by Crippen LogP contribution is 2.30. The van der Waals surface area contributed by atoms with Crippen LogP contribution in [-0.4, -0.2) is 30.7 Å². The van der Waals surface area contributed by atoms with E-state index in [9.17, 15) is 0 Å². The molecule has 0 bridgehead atoms. The van der Waals surface area contributed by atoms with Gasteiger partial charge in [0.1, 0.15) is 5.82 Å². The largest absolute Gasteiger partial charge is 0.493 e. The summed E-state index contributed by atoms with van der Waals surface area (Å²) in [6.07, 6.45) is 2.26. The molecule has 6 nitrogen and oxygen atoms in total. The summed E-state index contributed by atoms with van der Waals surface area (Å²) in [4.78, 5) is 8.91. The maximum Gasteiger partial charge on any atom is 0.229 e. The molecule has 23 heavy (non-hydrogen) atoms. The maximum absolute atomic E-state index is 5.31. The van der Waals surface area contributed by atoms with Crippen LogP contribution in [0.15, 0.2) is 24.3 Å². The lowest BCUT2D eigenvalue weighted by Crippen LogP contribution is -2.06. The van der Waals surface area contributed by atoms with Gasteiger partial charge >= 0.3 is 0 Å². The number of anilines is 3. The summed E-state index contributed by atoms with van der Waals surface area (Å²) in [7, 11) is 3.23. The van der Waals surface area contributed by atoms with E-state index in [1.807, 2.05) is 31.2 Å². The van der Waals surface area contributed by atoms with E-state index in [1.165, 1.54) is 0 Å². The molecule has 0 aliphatic heterocycles. The summed E-state index contributed by atoms with van der Waals surface area (Å²) in [5.41, 5.74) is 1.75. The van der Waals surface area contributed by atoms with Crippen molar-refractivity contribution in [3.8, 4) is 11.5 Å². The zero-order chi connectivity index (χ0) is 16.7. The third-order valence-corrected chi connectivity index (χ3v) is 3.33. The molecule has 0 aliphatic rings. The molecule has 0 radical (unpaired) electrons. The van der Waals surface area contributed by atoms with E-state index in [0.29, 0.717) is 17.4 Å². The van der Waals surface area contributed by atoms with Crippen molar-refractivity contribution in [2.24, 2.45) is 0 Å². The van der Waals surface area contributed by atoms with Gasteiger partial charge in [0.25, 0.3) is 0 Å². The van der Waals surface area contributed by atoms with Gasteiger partial charge in [-0.1, -0.05) is 13.3 Å². The molecule has 0 saturated carbocycles. The maximum atomic E-state index is 5.31. The molecule has 124 valence electrons. The Labute approximate surface area is 137 Å². The number of rotatable bonds is 8. The van der Waals surface area contributed by atoms with Crippen LogP contribution in [0.3, 0.4) is 0 Å². The van der Waals surface area contributed by atoms with Gasteiger partial charge in [0.05, 0.1) is 14.2 Å². The number of ether oxygens (including phenoxy) is 2. The number of methoxy groups -OCH3 is 2. The first-order chi connectivity index (χ1) is 11.2. The van der Waals surface area contributed by atoms with Crippen molar-refractivity contribution in [1.82, 2.24) is 9.97 Å². The van der Waals surface area contributed by atoms with Crippen molar-refractivity contribution in [1.29, 1.82) is 0 Å². The fourth-order valence-corrected chi connectivity index (χ4v) is 2.15. The van der Waals surface area contributed by atoms with Gasteiger partial charge in [-0.3, -0.25) is 0 Å². The van der Waals surface area contributed by atoms with E-state index < -0.39 is 0 Å². The monoisotopic (exact) mass is 316 g/mol. The minimum absolute atomic E-state index is 0.552. The van der Waals surface area contributed by atoms with Gasteiger partial charge in [0.15, 0.2) is 11.5 Å². The molecule has 1 heterocycles. The Balaban J connectivity index is 2.16. The molecular formula is C17H24N4O2. The van der Waals surface area contributed by atoms with Gasteiger partial charge in [-0.05, 0) is 25.5 Å². The van der Waals surface area contributed by atoms with Gasteiger partial charge in [-0.15, -0.1) is 0 Å². The standard InChI is InChI=1S/C17H24N4O2/c1-5-6-9-18-16-10-12(2)19-17(21-16)20-13-7-8-14(22-3)15(11-13)23-4/h7-8,10-11H,5-6,9H2,1-4H3,(H2,18,19,20,21). The van der Waals surface area contributed by atoms with Crippen LogP contribution in [-0.2, 0) is 0 Å². The summed E-state index contributed by atoms with van der Waals surface area (Å²) in [5, 5.41) is 6.52. The molecular weight excluding hydrogens is 292 g/mol. The second kappa shape index (κ2) is 8.22. The highest BCUT2D eigenvalue weighted by molar-refractivity contribution is 5.60.